The maximum absolute atomic E-state index is 10.0. The third-order valence-electron chi connectivity index (χ3n) is 3.74. The lowest BCUT2D eigenvalue weighted by atomic mass is 10.0. The summed E-state index contributed by atoms with van der Waals surface area (Å²) in [6.45, 7) is 4.66. The number of aliphatic hydroxyl groups is 1. The van der Waals surface area contributed by atoms with Crippen LogP contribution >= 0.6 is 0 Å². The molecule has 0 bridgehead atoms. The molecule has 3 unspecified atom stereocenters. The Bertz CT molecular complexity index is 461. The molecule has 0 aliphatic carbocycles. The van der Waals surface area contributed by atoms with Gasteiger partial charge in [-0.25, -0.2) is 0 Å². The molecular formula is C16H22O5. The largest absolute Gasteiger partial charge is 0.374 e. The van der Waals surface area contributed by atoms with Crippen LogP contribution in [0.15, 0.2) is 30.3 Å². The van der Waals surface area contributed by atoms with Crippen molar-refractivity contribution in [2.45, 2.75) is 57.3 Å². The SMILES string of the molecule is CC1(C)OC2CC(COCc3ccccc3)OC(O)[C@H]2O1. The minimum atomic E-state index is -0.962. The highest BCUT2D eigenvalue weighted by Gasteiger charge is 2.49. The molecule has 1 aromatic carbocycles. The number of ether oxygens (including phenoxy) is 4. The topological polar surface area (TPSA) is 57.2 Å². The van der Waals surface area contributed by atoms with Crippen LogP contribution in [0.2, 0.25) is 0 Å². The first-order valence-electron chi connectivity index (χ1n) is 7.34. The van der Waals surface area contributed by atoms with E-state index >= 15 is 0 Å². The monoisotopic (exact) mass is 294 g/mol. The van der Waals surface area contributed by atoms with Gasteiger partial charge in [-0.2, -0.15) is 0 Å². The molecule has 3 rings (SSSR count). The van der Waals surface area contributed by atoms with Crippen LogP contribution in [0.5, 0.6) is 0 Å². The number of rotatable bonds is 4. The molecule has 2 fully saturated rings. The Balaban J connectivity index is 1.49. The molecule has 0 saturated carbocycles. The molecule has 5 nitrogen and oxygen atoms in total. The summed E-state index contributed by atoms with van der Waals surface area (Å²) in [6, 6.07) is 9.97. The summed E-state index contributed by atoms with van der Waals surface area (Å²) in [5.41, 5.74) is 1.12. The maximum atomic E-state index is 10.0. The van der Waals surface area contributed by atoms with Crippen molar-refractivity contribution in [3.63, 3.8) is 0 Å². The third-order valence-corrected chi connectivity index (χ3v) is 3.74. The van der Waals surface area contributed by atoms with E-state index in [0.717, 1.165) is 5.56 Å². The van der Waals surface area contributed by atoms with E-state index in [1.54, 1.807) is 0 Å². The third kappa shape index (κ3) is 3.62. The first kappa shape index (κ1) is 14.9. The van der Waals surface area contributed by atoms with Gasteiger partial charge < -0.3 is 24.1 Å². The van der Waals surface area contributed by atoms with Crippen molar-refractivity contribution >= 4 is 0 Å². The van der Waals surface area contributed by atoms with E-state index in [-0.39, 0.29) is 12.2 Å². The van der Waals surface area contributed by atoms with E-state index in [9.17, 15) is 5.11 Å². The van der Waals surface area contributed by atoms with Crippen molar-refractivity contribution < 1.29 is 24.1 Å². The van der Waals surface area contributed by atoms with Crippen molar-refractivity contribution in [2.24, 2.45) is 0 Å². The Labute approximate surface area is 124 Å². The molecule has 2 heterocycles. The van der Waals surface area contributed by atoms with Gasteiger partial charge in [0.25, 0.3) is 0 Å². The van der Waals surface area contributed by atoms with Gasteiger partial charge in [0.15, 0.2) is 12.1 Å². The summed E-state index contributed by atoms with van der Waals surface area (Å²) < 4.78 is 22.7. The molecule has 0 amide bonds. The Kier molecular flexibility index (Phi) is 4.28. The molecular weight excluding hydrogens is 272 g/mol. The van der Waals surface area contributed by atoms with Crippen LogP contribution in [0, 0.1) is 0 Å². The van der Waals surface area contributed by atoms with Gasteiger partial charge in [-0.05, 0) is 19.4 Å². The number of fused-ring (bicyclic) bond motifs is 1. The molecule has 2 aliphatic heterocycles. The van der Waals surface area contributed by atoms with E-state index in [0.29, 0.717) is 19.6 Å². The number of benzene rings is 1. The summed E-state index contributed by atoms with van der Waals surface area (Å²) in [5, 5.41) is 10.0. The predicted octanol–water partition coefficient (Wildman–Crippen LogP) is 1.83. The van der Waals surface area contributed by atoms with Gasteiger partial charge in [0.2, 0.25) is 0 Å². The van der Waals surface area contributed by atoms with Crippen LogP contribution < -0.4 is 0 Å². The van der Waals surface area contributed by atoms with Gasteiger partial charge >= 0.3 is 0 Å². The highest BCUT2D eigenvalue weighted by atomic mass is 16.8. The minimum absolute atomic E-state index is 0.144. The fourth-order valence-corrected chi connectivity index (χ4v) is 2.87. The average molecular weight is 294 g/mol. The molecule has 0 spiro atoms. The fraction of sp³-hybridized carbons (Fsp3) is 0.625. The summed E-state index contributed by atoms with van der Waals surface area (Å²) in [4.78, 5) is 0. The lowest BCUT2D eigenvalue weighted by Crippen LogP contribution is -2.47. The molecule has 2 aliphatic rings. The number of hydrogen-bond donors (Lipinski definition) is 1. The van der Waals surface area contributed by atoms with E-state index < -0.39 is 18.2 Å². The Hall–Kier alpha value is -0.980. The average Bonchev–Trinajstić information content (AvgIpc) is 2.75. The second-order valence-electron chi connectivity index (χ2n) is 6.02. The highest BCUT2D eigenvalue weighted by Crippen LogP contribution is 2.36. The van der Waals surface area contributed by atoms with E-state index in [1.807, 2.05) is 44.2 Å². The van der Waals surface area contributed by atoms with Gasteiger partial charge in [-0.1, -0.05) is 30.3 Å². The van der Waals surface area contributed by atoms with Gasteiger partial charge in [0, 0.05) is 6.42 Å². The second-order valence-corrected chi connectivity index (χ2v) is 6.02. The first-order valence-corrected chi connectivity index (χ1v) is 7.34. The molecule has 0 radical (unpaired) electrons. The van der Waals surface area contributed by atoms with Crippen LogP contribution in [0.1, 0.15) is 25.8 Å². The van der Waals surface area contributed by atoms with Gasteiger partial charge in [-0.15, -0.1) is 0 Å². The zero-order chi connectivity index (χ0) is 14.9. The smallest absolute Gasteiger partial charge is 0.184 e. The maximum Gasteiger partial charge on any atom is 0.184 e. The van der Waals surface area contributed by atoms with Crippen molar-refractivity contribution in [3.8, 4) is 0 Å². The molecule has 116 valence electrons. The summed E-state index contributed by atoms with van der Waals surface area (Å²) in [5.74, 6) is -0.667. The van der Waals surface area contributed by atoms with Crippen LogP contribution in [0.25, 0.3) is 0 Å². The number of aliphatic hydroxyl groups excluding tert-OH is 1. The molecule has 21 heavy (non-hydrogen) atoms. The number of hydrogen-bond acceptors (Lipinski definition) is 5. The molecule has 4 atom stereocenters. The molecule has 1 N–H and O–H groups in total. The van der Waals surface area contributed by atoms with Gasteiger partial charge in [-0.3, -0.25) is 0 Å². The van der Waals surface area contributed by atoms with Gasteiger partial charge in [0.1, 0.15) is 6.10 Å². The zero-order valence-electron chi connectivity index (χ0n) is 12.4. The molecule has 2 saturated heterocycles. The normalized spacial score (nSPS) is 34.6. The lowest BCUT2D eigenvalue weighted by Gasteiger charge is -2.33. The zero-order valence-corrected chi connectivity index (χ0v) is 12.4. The van der Waals surface area contributed by atoms with E-state index in [1.165, 1.54) is 0 Å². The molecule has 0 aromatic heterocycles. The Morgan fingerprint density at radius 2 is 2.00 bits per heavy atom. The van der Waals surface area contributed by atoms with Crippen molar-refractivity contribution in [1.29, 1.82) is 0 Å². The summed E-state index contributed by atoms with van der Waals surface area (Å²) >= 11 is 0. The van der Waals surface area contributed by atoms with E-state index in [4.69, 9.17) is 18.9 Å². The highest BCUT2D eigenvalue weighted by molar-refractivity contribution is 5.13. The summed E-state index contributed by atoms with van der Waals surface area (Å²) in [7, 11) is 0. The standard InChI is InChI=1S/C16H22O5/c1-16(2)20-13-8-12(19-15(17)14(13)21-16)10-18-9-11-6-4-3-5-7-11/h3-7,12-15,17H,8-10H2,1-2H3/t12?,13?,14-,15?/m0/s1. The summed E-state index contributed by atoms with van der Waals surface area (Å²) in [6.07, 6.45) is -1.03. The van der Waals surface area contributed by atoms with Crippen LogP contribution in [-0.2, 0) is 25.6 Å². The van der Waals surface area contributed by atoms with Crippen LogP contribution in [0.3, 0.4) is 0 Å². The van der Waals surface area contributed by atoms with Crippen LogP contribution in [-0.4, -0.2) is 42.1 Å². The second kappa shape index (κ2) is 6.02. The Morgan fingerprint density at radius 1 is 1.24 bits per heavy atom. The van der Waals surface area contributed by atoms with E-state index in [2.05, 4.69) is 0 Å². The van der Waals surface area contributed by atoms with Gasteiger partial charge in [0.05, 0.1) is 25.4 Å². The van der Waals surface area contributed by atoms with Crippen molar-refractivity contribution in [1.82, 2.24) is 0 Å². The fourth-order valence-electron chi connectivity index (χ4n) is 2.87. The first-order chi connectivity index (χ1) is 10.0. The molecule has 5 heteroatoms. The Morgan fingerprint density at radius 3 is 2.76 bits per heavy atom. The van der Waals surface area contributed by atoms with Crippen LogP contribution in [0.4, 0.5) is 0 Å². The predicted molar refractivity (Wildman–Crippen MR) is 75.4 cm³/mol. The van der Waals surface area contributed by atoms with Crippen molar-refractivity contribution in [3.05, 3.63) is 35.9 Å². The minimum Gasteiger partial charge on any atom is -0.374 e. The lowest BCUT2D eigenvalue weighted by molar-refractivity contribution is -0.237. The quantitative estimate of drug-likeness (QED) is 0.918. The van der Waals surface area contributed by atoms with Crippen molar-refractivity contribution in [2.75, 3.05) is 6.61 Å². The molecule has 1 aromatic rings.